The second kappa shape index (κ2) is 6.40. The van der Waals surface area contributed by atoms with Gasteiger partial charge in [-0.25, -0.2) is 4.39 Å². The molecule has 0 aromatic heterocycles. The van der Waals surface area contributed by atoms with Crippen LogP contribution in [0.4, 0.5) is 15.8 Å². The van der Waals surface area contributed by atoms with Crippen molar-refractivity contribution in [3.8, 4) is 0 Å². The molecule has 6 nitrogen and oxygen atoms in total. The first-order chi connectivity index (χ1) is 12.5. The van der Waals surface area contributed by atoms with Gasteiger partial charge in [-0.15, -0.1) is 0 Å². The van der Waals surface area contributed by atoms with Gasteiger partial charge in [0.25, 0.3) is 11.6 Å². The molecule has 2 aliphatic rings. The van der Waals surface area contributed by atoms with Gasteiger partial charge in [-0.3, -0.25) is 14.9 Å². The minimum atomic E-state index is -0.481. The molecular weight excluding hydrogens is 337 g/mol. The van der Waals surface area contributed by atoms with Crippen LogP contribution in [-0.2, 0) is 0 Å². The number of anilines is 1. The van der Waals surface area contributed by atoms with Gasteiger partial charge in [0.1, 0.15) is 11.5 Å². The van der Waals surface area contributed by atoms with Gasteiger partial charge >= 0.3 is 0 Å². The average Bonchev–Trinajstić information content (AvgIpc) is 3.53. The monoisotopic (exact) mass is 355 g/mol. The predicted octanol–water partition coefficient (Wildman–Crippen LogP) is 3.59. The Balaban J connectivity index is 1.48. The summed E-state index contributed by atoms with van der Waals surface area (Å²) >= 11 is 0. The van der Waals surface area contributed by atoms with Crippen molar-refractivity contribution in [3.05, 3.63) is 69.5 Å². The van der Waals surface area contributed by atoms with Gasteiger partial charge in [-0.2, -0.15) is 0 Å². The van der Waals surface area contributed by atoms with Gasteiger partial charge in [0.15, 0.2) is 0 Å². The van der Waals surface area contributed by atoms with E-state index in [0.29, 0.717) is 11.3 Å². The summed E-state index contributed by atoms with van der Waals surface area (Å²) in [6.07, 6.45) is 2.74. The molecule has 4 rings (SSSR count). The maximum atomic E-state index is 13.0. The molecular formula is C19H18FN3O3. The highest BCUT2D eigenvalue weighted by molar-refractivity contribution is 5.96. The number of nitro benzene ring substituents is 1. The second-order valence-corrected chi connectivity index (χ2v) is 6.88. The Morgan fingerprint density at radius 1 is 1.15 bits per heavy atom. The first-order valence-electron chi connectivity index (χ1n) is 8.62. The highest BCUT2D eigenvalue weighted by atomic mass is 19.1. The van der Waals surface area contributed by atoms with Crippen molar-refractivity contribution < 1.29 is 14.1 Å². The molecule has 0 radical (unpaired) electrons. The fraction of sp³-hybridized carbons (Fsp3) is 0.316. The smallest absolute Gasteiger partial charge is 0.293 e. The third kappa shape index (κ3) is 3.51. The van der Waals surface area contributed by atoms with E-state index in [9.17, 15) is 19.3 Å². The summed E-state index contributed by atoms with van der Waals surface area (Å²) < 4.78 is 13.0. The van der Waals surface area contributed by atoms with E-state index in [-0.39, 0.29) is 35.4 Å². The van der Waals surface area contributed by atoms with Gasteiger partial charge < -0.3 is 10.6 Å². The third-order valence-electron chi connectivity index (χ3n) is 4.80. The number of amides is 1. The fourth-order valence-electron chi connectivity index (χ4n) is 3.08. The van der Waals surface area contributed by atoms with Crippen molar-refractivity contribution in [2.45, 2.75) is 37.3 Å². The first kappa shape index (κ1) is 16.5. The van der Waals surface area contributed by atoms with E-state index in [1.807, 2.05) is 0 Å². The molecule has 134 valence electrons. The second-order valence-electron chi connectivity index (χ2n) is 6.88. The Morgan fingerprint density at radius 3 is 2.54 bits per heavy atom. The summed E-state index contributed by atoms with van der Waals surface area (Å²) in [4.78, 5) is 23.0. The molecule has 2 fully saturated rings. The molecule has 2 saturated carbocycles. The Hall–Kier alpha value is -2.96. The van der Waals surface area contributed by atoms with Crippen molar-refractivity contribution >= 4 is 17.3 Å². The number of hydrogen-bond acceptors (Lipinski definition) is 4. The molecule has 1 amide bonds. The average molecular weight is 355 g/mol. The number of hydrogen-bond donors (Lipinski definition) is 2. The fourth-order valence-corrected chi connectivity index (χ4v) is 3.08. The Labute approximate surface area is 149 Å². The van der Waals surface area contributed by atoms with Crippen LogP contribution < -0.4 is 10.6 Å². The summed E-state index contributed by atoms with van der Waals surface area (Å²) in [5.74, 6) is -0.361. The molecule has 2 aliphatic carbocycles. The number of nitrogens with one attached hydrogen (secondary N) is 2. The number of nitro groups is 1. The van der Waals surface area contributed by atoms with Gasteiger partial charge in [-0.1, -0.05) is 12.1 Å². The summed E-state index contributed by atoms with van der Waals surface area (Å²) in [5, 5.41) is 17.4. The molecule has 2 aromatic carbocycles. The SMILES string of the molecule is O=C(NC1CC1)c1ccc(N[C@@H]2C[C@H]2c2ccc(F)cc2)c([N+](=O)[O-])c1. The van der Waals surface area contributed by atoms with E-state index in [1.54, 1.807) is 24.3 Å². The van der Waals surface area contributed by atoms with Gasteiger partial charge in [0, 0.05) is 29.6 Å². The maximum absolute atomic E-state index is 13.0. The molecule has 0 spiro atoms. The molecule has 0 unspecified atom stereocenters. The molecule has 2 atom stereocenters. The van der Waals surface area contributed by atoms with Crippen LogP contribution in [0.15, 0.2) is 42.5 Å². The summed E-state index contributed by atoms with van der Waals surface area (Å²) in [5.41, 5.74) is 1.58. The lowest BCUT2D eigenvalue weighted by atomic mass is 10.1. The standard InChI is InChI=1S/C19H18FN3O3/c20-13-4-1-11(2-5-13)15-10-17(15)22-16-8-3-12(9-18(16)23(25)26)19(24)21-14-6-7-14/h1-5,8-9,14-15,17,22H,6-7,10H2,(H,21,24)/t15-,17+/m0/s1. The lowest BCUT2D eigenvalue weighted by molar-refractivity contribution is -0.384. The Bertz CT molecular complexity index is 865. The van der Waals surface area contributed by atoms with E-state index >= 15 is 0 Å². The van der Waals surface area contributed by atoms with Gasteiger partial charge in [0.2, 0.25) is 0 Å². The quantitative estimate of drug-likeness (QED) is 0.613. The van der Waals surface area contributed by atoms with Crippen LogP contribution in [0, 0.1) is 15.9 Å². The minimum absolute atomic E-state index is 0.0605. The number of nitrogens with zero attached hydrogens (tertiary/aromatic N) is 1. The normalized spacial score (nSPS) is 21.1. The molecule has 2 N–H and O–H groups in total. The summed E-state index contributed by atoms with van der Waals surface area (Å²) in [6, 6.07) is 11.1. The first-order valence-corrected chi connectivity index (χ1v) is 8.62. The van der Waals surface area contributed by atoms with E-state index in [4.69, 9.17) is 0 Å². The zero-order chi connectivity index (χ0) is 18.3. The molecule has 0 saturated heterocycles. The number of benzene rings is 2. The van der Waals surface area contributed by atoms with Gasteiger partial charge in [-0.05, 0) is 49.1 Å². The Kier molecular flexibility index (Phi) is 4.06. The summed E-state index contributed by atoms with van der Waals surface area (Å²) in [6.45, 7) is 0. The van der Waals surface area contributed by atoms with Crippen molar-refractivity contribution in [2.75, 3.05) is 5.32 Å². The highest BCUT2D eigenvalue weighted by Crippen LogP contribution is 2.44. The Morgan fingerprint density at radius 2 is 1.88 bits per heavy atom. The van der Waals surface area contributed by atoms with Crippen LogP contribution in [0.2, 0.25) is 0 Å². The lowest BCUT2D eigenvalue weighted by Crippen LogP contribution is -2.25. The van der Waals surface area contributed by atoms with Crippen LogP contribution in [-0.4, -0.2) is 22.9 Å². The van der Waals surface area contributed by atoms with Crippen LogP contribution in [0.5, 0.6) is 0 Å². The van der Waals surface area contributed by atoms with Crippen molar-refractivity contribution in [1.29, 1.82) is 0 Å². The largest absolute Gasteiger partial charge is 0.376 e. The summed E-state index contributed by atoms with van der Waals surface area (Å²) in [7, 11) is 0. The van der Waals surface area contributed by atoms with Gasteiger partial charge in [0.05, 0.1) is 4.92 Å². The molecule has 0 heterocycles. The maximum Gasteiger partial charge on any atom is 0.293 e. The molecule has 7 heteroatoms. The van der Waals surface area contributed by atoms with E-state index in [1.165, 1.54) is 18.2 Å². The predicted molar refractivity (Wildman–Crippen MR) is 94.8 cm³/mol. The van der Waals surface area contributed by atoms with Crippen LogP contribution in [0.3, 0.4) is 0 Å². The molecule has 26 heavy (non-hydrogen) atoms. The topological polar surface area (TPSA) is 84.3 Å². The number of carbonyl (C=O) groups excluding carboxylic acids is 1. The number of carbonyl (C=O) groups is 1. The zero-order valence-electron chi connectivity index (χ0n) is 13.9. The highest BCUT2D eigenvalue weighted by Gasteiger charge is 2.39. The van der Waals surface area contributed by atoms with Crippen LogP contribution in [0.25, 0.3) is 0 Å². The molecule has 2 aromatic rings. The van der Waals surface area contributed by atoms with Crippen LogP contribution >= 0.6 is 0 Å². The van der Waals surface area contributed by atoms with E-state index < -0.39 is 4.92 Å². The van der Waals surface area contributed by atoms with Crippen molar-refractivity contribution in [3.63, 3.8) is 0 Å². The molecule has 0 aliphatic heterocycles. The third-order valence-corrected chi connectivity index (χ3v) is 4.80. The number of halogens is 1. The van der Waals surface area contributed by atoms with Crippen molar-refractivity contribution in [1.82, 2.24) is 5.32 Å². The number of rotatable bonds is 6. The minimum Gasteiger partial charge on any atom is -0.376 e. The van der Waals surface area contributed by atoms with Crippen LogP contribution in [0.1, 0.15) is 41.1 Å². The van der Waals surface area contributed by atoms with E-state index in [0.717, 1.165) is 24.8 Å². The molecule has 0 bridgehead atoms. The van der Waals surface area contributed by atoms with E-state index in [2.05, 4.69) is 10.6 Å². The zero-order valence-corrected chi connectivity index (χ0v) is 13.9. The lowest BCUT2D eigenvalue weighted by Gasteiger charge is -2.09. The van der Waals surface area contributed by atoms with Crippen molar-refractivity contribution in [2.24, 2.45) is 0 Å².